The molecule has 0 aliphatic heterocycles. The van der Waals surface area contributed by atoms with Crippen LogP contribution in [0.5, 0.6) is 5.75 Å². The maximum absolute atomic E-state index is 14.0. The number of benzene rings is 2. The van der Waals surface area contributed by atoms with Gasteiger partial charge in [-0.2, -0.15) is 0 Å². The quantitative estimate of drug-likeness (QED) is 0.538. The summed E-state index contributed by atoms with van der Waals surface area (Å²) in [5.41, 5.74) is 2.13. The Hall–Kier alpha value is -2.80. The first-order valence-electron chi connectivity index (χ1n) is 7.34. The van der Waals surface area contributed by atoms with Gasteiger partial charge < -0.3 is 4.74 Å². The molecule has 0 aliphatic rings. The van der Waals surface area contributed by atoms with E-state index in [1.807, 2.05) is 0 Å². The van der Waals surface area contributed by atoms with Crippen molar-refractivity contribution in [3.8, 4) is 17.1 Å². The number of rotatable bonds is 2. The molecule has 0 atom stereocenters. The van der Waals surface area contributed by atoms with Gasteiger partial charge in [-0.15, -0.1) is 10.2 Å². The van der Waals surface area contributed by atoms with E-state index in [2.05, 4.69) is 15.2 Å². The monoisotopic (exact) mass is 360 g/mol. The minimum Gasteiger partial charge on any atom is -0.494 e. The maximum Gasteiger partial charge on any atom is 0.183 e. The summed E-state index contributed by atoms with van der Waals surface area (Å²) >= 11 is 6.23. The molecule has 0 saturated carbocycles. The van der Waals surface area contributed by atoms with Crippen molar-refractivity contribution in [3.05, 3.63) is 52.7 Å². The van der Waals surface area contributed by atoms with Gasteiger partial charge in [0.15, 0.2) is 16.9 Å². The molecular formula is C17H11ClF2N4O. The van der Waals surface area contributed by atoms with Crippen molar-refractivity contribution < 1.29 is 13.5 Å². The van der Waals surface area contributed by atoms with Crippen LogP contribution < -0.4 is 4.74 Å². The fraction of sp³-hybridized carbons (Fsp3) is 0.118. The number of nitrogens with zero attached hydrogens (tertiary/aromatic N) is 4. The maximum atomic E-state index is 14.0. The van der Waals surface area contributed by atoms with Crippen LogP contribution in [-0.4, -0.2) is 26.7 Å². The van der Waals surface area contributed by atoms with Crippen molar-refractivity contribution in [1.82, 2.24) is 19.6 Å². The van der Waals surface area contributed by atoms with Gasteiger partial charge >= 0.3 is 0 Å². The highest BCUT2D eigenvalue weighted by atomic mass is 35.5. The van der Waals surface area contributed by atoms with Gasteiger partial charge in [-0.25, -0.2) is 13.8 Å². The first kappa shape index (κ1) is 15.7. The standard InChI is InChI=1S/C17H11ClF2N4O/c1-8-16-23-22-15-13(6-10(20)7-14(15)25-2)24(16)17(21-8)11-5-9(19)3-4-12(11)18/h3-7H,1-2H3. The van der Waals surface area contributed by atoms with Crippen LogP contribution in [0.1, 0.15) is 5.69 Å². The molecule has 0 aliphatic carbocycles. The van der Waals surface area contributed by atoms with Crippen LogP contribution in [-0.2, 0) is 0 Å². The van der Waals surface area contributed by atoms with Crippen LogP contribution >= 0.6 is 11.6 Å². The zero-order valence-corrected chi connectivity index (χ0v) is 14.0. The number of imidazole rings is 1. The number of hydrogen-bond donors (Lipinski definition) is 0. The third kappa shape index (κ3) is 2.39. The number of aryl methyl sites for hydroxylation is 1. The smallest absolute Gasteiger partial charge is 0.183 e. The van der Waals surface area contributed by atoms with E-state index in [1.54, 1.807) is 11.3 Å². The lowest BCUT2D eigenvalue weighted by Gasteiger charge is -2.09. The van der Waals surface area contributed by atoms with Gasteiger partial charge in [0.05, 0.1) is 23.3 Å². The first-order chi connectivity index (χ1) is 12.0. The van der Waals surface area contributed by atoms with Crippen LogP contribution in [0.25, 0.3) is 28.1 Å². The molecule has 0 N–H and O–H groups in total. The lowest BCUT2D eigenvalue weighted by Crippen LogP contribution is -2.00. The molecule has 5 nitrogen and oxygen atoms in total. The summed E-state index contributed by atoms with van der Waals surface area (Å²) in [6.07, 6.45) is 0. The summed E-state index contributed by atoms with van der Waals surface area (Å²) in [6.45, 7) is 1.74. The number of halogens is 3. The van der Waals surface area contributed by atoms with E-state index >= 15 is 0 Å². The highest BCUT2D eigenvalue weighted by Crippen LogP contribution is 2.33. The Kier molecular flexibility index (Phi) is 3.54. The molecule has 2 aromatic heterocycles. The predicted octanol–water partition coefficient (Wildman–Crippen LogP) is 4.19. The normalized spacial score (nSPS) is 11.4. The molecule has 0 spiro atoms. The number of hydrogen-bond acceptors (Lipinski definition) is 4. The summed E-state index contributed by atoms with van der Waals surface area (Å²) in [7, 11) is 1.42. The first-order valence-corrected chi connectivity index (χ1v) is 7.72. The third-order valence-electron chi connectivity index (χ3n) is 3.92. The molecule has 0 bridgehead atoms. The average molecular weight is 361 g/mol. The molecule has 2 aromatic carbocycles. The molecule has 2 heterocycles. The van der Waals surface area contributed by atoms with Crippen molar-refractivity contribution in [2.75, 3.05) is 7.11 Å². The minimum absolute atomic E-state index is 0.243. The Morgan fingerprint density at radius 3 is 2.64 bits per heavy atom. The molecule has 8 heteroatoms. The fourth-order valence-electron chi connectivity index (χ4n) is 2.80. The van der Waals surface area contributed by atoms with Crippen molar-refractivity contribution in [2.24, 2.45) is 0 Å². The molecule has 0 amide bonds. The molecular weight excluding hydrogens is 350 g/mol. The van der Waals surface area contributed by atoms with Gasteiger partial charge in [0.25, 0.3) is 0 Å². The Morgan fingerprint density at radius 1 is 1.08 bits per heavy atom. The molecule has 126 valence electrons. The van der Waals surface area contributed by atoms with Gasteiger partial charge in [-0.1, -0.05) is 11.6 Å². The highest BCUT2D eigenvalue weighted by molar-refractivity contribution is 6.33. The van der Waals surface area contributed by atoms with Crippen LogP contribution in [0.4, 0.5) is 8.78 Å². The predicted molar refractivity (Wildman–Crippen MR) is 89.9 cm³/mol. The van der Waals surface area contributed by atoms with E-state index in [0.717, 1.165) is 0 Å². The Balaban J connectivity index is 2.19. The van der Waals surface area contributed by atoms with Gasteiger partial charge in [-0.3, -0.25) is 4.40 Å². The average Bonchev–Trinajstić information content (AvgIpc) is 2.93. The van der Waals surface area contributed by atoms with E-state index in [-0.39, 0.29) is 5.75 Å². The summed E-state index contributed by atoms with van der Waals surface area (Å²) in [5.74, 6) is -0.359. The summed E-state index contributed by atoms with van der Waals surface area (Å²) in [6, 6.07) is 6.51. The largest absolute Gasteiger partial charge is 0.494 e. The van der Waals surface area contributed by atoms with Gasteiger partial charge in [0, 0.05) is 17.7 Å². The van der Waals surface area contributed by atoms with E-state index in [0.29, 0.717) is 38.8 Å². The summed E-state index contributed by atoms with van der Waals surface area (Å²) in [4.78, 5) is 4.44. The van der Waals surface area contributed by atoms with E-state index < -0.39 is 11.6 Å². The van der Waals surface area contributed by atoms with Gasteiger partial charge in [-0.05, 0) is 25.1 Å². The Morgan fingerprint density at radius 2 is 1.88 bits per heavy atom. The van der Waals surface area contributed by atoms with Crippen LogP contribution in [0.2, 0.25) is 5.02 Å². The zero-order valence-electron chi connectivity index (χ0n) is 13.2. The second kappa shape index (κ2) is 5.63. The third-order valence-corrected chi connectivity index (χ3v) is 4.24. The Bertz CT molecular complexity index is 1140. The van der Waals surface area contributed by atoms with Crippen LogP contribution in [0.3, 0.4) is 0 Å². The Labute approximate surface area is 145 Å². The number of fused-ring (bicyclic) bond motifs is 3. The van der Waals surface area contributed by atoms with E-state index in [9.17, 15) is 8.78 Å². The number of aromatic nitrogens is 4. The molecule has 4 aromatic rings. The van der Waals surface area contributed by atoms with Gasteiger partial charge in [0.2, 0.25) is 0 Å². The number of ether oxygens (including phenoxy) is 1. The van der Waals surface area contributed by atoms with Crippen molar-refractivity contribution in [3.63, 3.8) is 0 Å². The van der Waals surface area contributed by atoms with Crippen molar-refractivity contribution in [2.45, 2.75) is 6.92 Å². The second-order valence-electron chi connectivity index (χ2n) is 5.48. The lowest BCUT2D eigenvalue weighted by molar-refractivity contribution is 0.415. The zero-order chi connectivity index (χ0) is 17.7. The lowest BCUT2D eigenvalue weighted by atomic mass is 10.2. The fourth-order valence-corrected chi connectivity index (χ4v) is 3.00. The second-order valence-corrected chi connectivity index (χ2v) is 5.89. The number of methoxy groups -OCH3 is 1. The van der Waals surface area contributed by atoms with E-state index in [4.69, 9.17) is 16.3 Å². The SMILES string of the molecule is COc1cc(F)cc2c1nnc1c(C)nc(-c3cc(F)ccc3Cl)n12. The molecule has 0 saturated heterocycles. The molecule has 0 radical (unpaired) electrons. The highest BCUT2D eigenvalue weighted by Gasteiger charge is 2.19. The van der Waals surface area contributed by atoms with Crippen molar-refractivity contribution in [1.29, 1.82) is 0 Å². The van der Waals surface area contributed by atoms with E-state index in [1.165, 1.54) is 37.4 Å². The molecule has 4 rings (SSSR count). The van der Waals surface area contributed by atoms with Crippen LogP contribution in [0, 0.1) is 18.6 Å². The topological polar surface area (TPSA) is 52.3 Å². The van der Waals surface area contributed by atoms with Crippen molar-refractivity contribution >= 4 is 28.3 Å². The summed E-state index contributed by atoms with van der Waals surface area (Å²) in [5, 5.41) is 8.60. The van der Waals surface area contributed by atoms with Gasteiger partial charge in [0.1, 0.15) is 17.5 Å². The molecule has 0 unspecified atom stereocenters. The minimum atomic E-state index is -0.499. The molecule has 25 heavy (non-hydrogen) atoms. The summed E-state index contributed by atoms with van der Waals surface area (Å²) < 4.78 is 34.6. The molecule has 0 fully saturated rings. The van der Waals surface area contributed by atoms with Crippen LogP contribution in [0.15, 0.2) is 30.3 Å².